The zero-order valence-corrected chi connectivity index (χ0v) is 18.5. The summed E-state index contributed by atoms with van der Waals surface area (Å²) in [5, 5.41) is 6.25. The number of pyridine rings is 1. The maximum atomic E-state index is 12.5. The first kappa shape index (κ1) is 24.8. The summed E-state index contributed by atoms with van der Waals surface area (Å²) < 4.78 is 47.9. The second-order valence-electron chi connectivity index (χ2n) is 5.76. The molecule has 0 fully saturated rings. The monoisotopic (exact) mass is 524 g/mol. The molecule has 1 aromatic heterocycles. The van der Waals surface area contributed by atoms with Crippen molar-refractivity contribution in [2.45, 2.75) is 12.6 Å². The van der Waals surface area contributed by atoms with Crippen LogP contribution in [0.4, 0.5) is 13.2 Å². The van der Waals surface area contributed by atoms with Crippen molar-refractivity contribution in [3.05, 3.63) is 53.7 Å². The van der Waals surface area contributed by atoms with Crippen molar-refractivity contribution in [1.82, 2.24) is 15.6 Å². The number of nitrogens with one attached hydrogen (secondary N) is 2. The van der Waals surface area contributed by atoms with Crippen LogP contribution >= 0.6 is 24.0 Å². The molecule has 0 saturated carbocycles. The second kappa shape index (κ2) is 12.3. The molecule has 1 heterocycles. The van der Waals surface area contributed by atoms with Gasteiger partial charge >= 0.3 is 6.18 Å². The van der Waals surface area contributed by atoms with Gasteiger partial charge in [0.2, 0.25) is 5.88 Å². The molecule has 0 aliphatic carbocycles. The van der Waals surface area contributed by atoms with Gasteiger partial charge in [0.1, 0.15) is 12.4 Å². The van der Waals surface area contributed by atoms with Gasteiger partial charge in [0.15, 0.2) is 5.96 Å². The number of hydrogen-bond donors (Lipinski definition) is 2. The van der Waals surface area contributed by atoms with Gasteiger partial charge in [0.05, 0.1) is 19.2 Å². The summed E-state index contributed by atoms with van der Waals surface area (Å²) in [4.78, 5) is 7.76. The van der Waals surface area contributed by atoms with Gasteiger partial charge in [-0.1, -0.05) is 12.1 Å². The fourth-order valence-corrected chi connectivity index (χ4v) is 2.30. The SMILES string of the molecule is CN=C(NCCOc1ccc(C(F)(F)F)cn1)NCCc1ccc(OC)cc1.I. The van der Waals surface area contributed by atoms with E-state index in [4.69, 9.17) is 9.47 Å². The fourth-order valence-electron chi connectivity index (χ4n) is 2.30. The molecule has 0 aliphatic rings. The van der Waals surface area contributed by atoms with Gasteiger partial charge in [-0.3, -0.25) is 4.99 Å². The minimum Gasteiger partial charge on any atom is -0.497 e. The number of benzene rings is 1. The molecule has 0 unspecified atom stereocenters. The Labute approximate surface area is 184 Å². The average Bonchev–Trinajstić information content (AvgIpc) is 2.70. The largest absolute Gasteiger partial charge is 0.497 e. The van der Waals surface area contributed by atoms with E-state index in [0.29, 0.717) is 19.0 Å². The number of aliphatic imine (C=N–C) groups is 1. The van der Waals surface area contributed by atoms with E-state index >= 15 is 0 Å². The number of rotatable bonds is 8. The van der Waals surface area contributed by atoms with E-state index in [1.807, 2.05) is 24.3 Å². The van der Waals surface area contributed by atoms with Crippen LogP contribution in [0.2, 0.25) is 0 Å². The molecule has 0 radical (unpaired) electrons. The molecule has 2 N–H and O–H groups in total. The zero-order chi connectivity index (χ0) is 20.4. The maximum absolute atomic E-state index is 12.5. The Morgan fingerprint density at radius 2 is 1.76 bits per heavy atom. The fraction of sp³-hybridized carbons (Fsp3) is 0.368. The van der Waals surface area contributed by atoms with Gasteiger partial charge in [-0.2, -0.15) is 13.2 Å². The molecule has 0 spiro atoms. The van der Waals surface area contributed by atoms with Crippen LogP contribution in [0.15, 0.2) is 47.6 Å². The van der Waals surface area contributed by atoms with E-state index in [0.717, 1.165) is 24.4 Å². The Morgan fingerprint density at radius 1 is 1.07 bits per heavy atom. The topological polar surface area (TPSA) is 67.8 Å². The molecule has 0 atom stereocenters. The highest BCUT2D eigenvalue weighted by atomic mass is 127. The summed E-state index contributed by atoms with van der Waals surface area (Å²) in [5.41, 5.74) is 0.361. The number of nitrogens with zero attached hydrogens (tertiary/aromatic N) is 2. The summed E-state index contributed by atoms with van der Waals surface area (Å²) in [6.45, 7) is 1.34. The van der Waals surface area contributed by atoms with Crippen molar-refractivity contribution >= 4 is 29.9 Å². The highest BCUT2D eigenvalue weighted by Gasteiger charge is 2.30. The molecule has 160 valence electrons. The first-order chi connectivity index (χ1) is 13.4. The van der Waals surface area contributed by atoms with E-state index in [1.54, 1.807) is 14.2 Å². The van der Waals surface area contributed by atoms with Crippen molar-refractivity contribution in [3.63, 3.8) is 0 Å². The van der Waals surface area contributed by atoms with Gasteiger partial charge in [-0.05, 0) is 30.2 Å². The summed E-state index contributed by atoms with van der Waals surface area (Å²) in [5.74, 6) is 1.56. The van der Waals surface area contributed by atoms with E-state index < -0.39 is 11.7 Å². The number of ether oxygens (including phenoxy) is 2. The zero-order valence-electron chi connectivity index (χ0n) is 16.1. The van der Waals surface area contributed by atoms with Gasteiger partial charge in [0, 0.05) is 25.9 Å². The molecule has 6 nitrogen and oxygen atoms in total. The molecule has 2 rings (SSSR count). The van der Waals surface area contributed by atoms with Crippen molar-refractivity contribution in [3.8, 4) is 11.6 Å². The highest BCUT2D eigenvalue weighted by Crippen LogP contribution is 2.29. The van der Waals surface area contributed by atoms with Gasteiger partial charge < -0.3 is 20.1 Å². The number of methoxy groups -OCH3 is 1. The predicted octanol–water partition coefficient (Wildman–Crippen LogP) is 3.51. The lowest BCUT2D eigenvalue weighted by atomic mass is 10.1. The first-order valence-corrected chi connectivity index (χ1v) is 8.66. The Hall–Kier alpha value is -2.24. The number of guanidine groups is 1. The standard InChI is InChI=1S/C19H23F3N4O2.HI/c1-23-18(24-10-9-14-3-6-16(27-2)7-4-14)25-11-12-28-17-8-5-15(13-26-17)19(20,21)22;/h3-8,13H,9-12H2,1-2H3,(H2,23,24,25);1H. The van der Waals surface area contributed by atoms with E-state index in [9.17, 15) is 13.2 Å². The van der Waals surface area contributed by atoms with Crippen molar-refractivity contribution in [2.24, 2.45) is 4.99 Å². The number of halogens is 4. The third-order valence-electron chi connectivity index (χ3n) is 3.80. The maximum Gasteiger partial charge on any atom is 0.417 e. The van der Waals surface area contributed by atoms with Crippen LogP contribution in [0.1, 0.15) is 11.1 Å². The number of alkyl halides is 3. The Kier molecular flexibility index (Phi) is 10.6. The van der Waals surface area contributed by atoms with Crippen LogP contribution in [0.25, 0.3) is 0 Å². The normalized spacial score (nSPS) is 11.4. The lowest BCUT2D eigenvalue weighted by Crippen LogP contribution is -2.40. The number of hydrogen-bond acceptors (Lipinski definition) is 4. The summed E-state index contributed by atoms with van der Waals surface area (Å²) in [6.07, 6.45) is -2.84. The van der Waals surface area contributed by atoms with Crippen LogP contribution in [0.3, 0.4) is 0 Å². The molecule has 2 aromatic rings. The Balaban J connectivity index is 0.00000420. The molecule has 29 heavy (non-hydrogen) atoms. The van der Waals surface area contributed by atoms with Gasteiger partial charge in [-0.15, -0.1) is 24.0 Å². The van der Waals surface area contributed by atoms with Crippen molar-refractivity contribution in [1.29, 1.82) is 0 Å². The molecule has 0 saturated heterocycles. The molecular formula is C19H24F3IN4O2. The Morgan fingerprint density at radius 3 is 2.31 bits per heavy atom. The minimum absolute atomic E-state index is 0. The lowest BCUT2D eigenvalue weighted by Gasteiger charge is -2.13. The molecule has 0 bridgehead atoms. The quantitative estimate of drug-likeness (QED) is 0.240. The second-order valence-corrected chi connectivity index (χ2v) is 5.76. The van der Waals surface area contributed by atoms with Crippen molar-refractivity contribution < 1.29 is 22.6 Å². The number of aromatic nitrogens is 1. The third-order valence-corrected chi connectivity index (χ3v) is 3.80. The Bertz CT molecular complexity index is 754. The van der Waals surface area contributed by atoms with Crippen LogP contribution in [0.5, 0.6) is 11.6 Å². The third kappa shape index (κ3) is 8.75. The lowest BCUT2D eigenvalue weighted by molar-refractivity contribution is -0.137. The summed E-state index contributed by atoms with van der Waals surface area (Å²) in [6, 6.07) is 9.97. The molecule has 10 heteroatoms. The smallest absolute Gasteiger partial charge is 0.417 e. The molecule has 0 amide bonds. The van der Waals surface area contributed by atoms with Crippen LogP contribution in [-0.4, -0.2) is 44.8 Å². The molecule has 0 aliphatic heterocycles. The van der Waals surface area contributed by atoms with Crippen molar-refractivity contribution in [2.75, 3.05) is 33.9 Å². The van der Waals surface area contributed by atoms with Crippen LogP contribution in [-0.2, 0) is 12.6 Å². The average molecular weight is 524 g/mol. The molecular weight excluding hydrogens is 500 g/mol. The van der Waals surface area contributed by atoms with Gasteiger partial charge in [0.25, 0.3) is 0 Å². The van der Waals surface area contributed by atoms with E-state index in [2.05, 4.69) is 20.6 Å². The first-order valence-electron chi connectivity index (χ1n) is 8.66. The molecule has 1 aromatic carbocycles. The van der Waals surface area contributed by atoms with E-state index in [1.165, 1.54) is 11.6 Å². The minimum atomic E-state index is -4.41. The summed E-state index contributed by atoms with van der Waals surface area (Å²) in [7, 11) is 3.28. The summed E-state index contributed by atoms with van der Waals surface area (Å²) >= 11 is 0. The predicted molar refractivity (Wildman–Crippen MR) is 116 cm³/mol. The highest BCUT2D eigenvalue weighted by molar-refractivity contribution is 14.0. The van der Waals surface area contributed by atoms with Gasteiger partial charge in [-0.25, -0.2) is 4.98 Å². The van der Waals surface area contributed by atoms with E-state index in [-0.39, 0.29) is 36.5 Å². The van der Waals surface area contributed by atoms with Crippen LogP contribution < -0.4 is 20.1 Å². The van der Waals surface area contributed by atoms with Crippen LogP contribution in [0, 0.1) is 0 Å².